The zero-order valence-corrected chi connectivity index (χ0v) is 9.76. The highest BCUT2D eigenvalue weighted by Crippen LogP contribution is 2.08. The molecule has 84 valence electrons. The summed E-state index contributed by atoms with van der Waals surface area (Å²) in [4.78, 5) is 0. The third-order valence-corrected chi connectivity index (χ3v) is 3.38. The quantitative estimate of drug-likeness (QED) is 0.769. The molecule has 4 nitrogen and oxygen atoms in total. The van der Waals surface area contributed by atoms with Gasteiger partial charge in [-0.25, -0.2) is 13.1 Å². The smallest absolute Gasteiger partial charge is 0.215 e. The fourth-order valence-corrected chi connectivity index (χ4v) is 2.09. The Morgan fingerprint density at radius 3 is 2.47 bits per heavy atom. The summed E-state index contributed by atoms with van der Waals surface area (Å²) in [5, 5.41) is 3.02. The predicted molar refractivity (Wildman–Crippen MR) is 60.9 cm³/mol. The van der Waals surface area contributed by atoms with E-state index in [-0.39, 0.29) is 5.75 Å². The van der Waals surface area contributed by atoms with Crippen molar-refractivity contribution in [3.63, 3.8) is 0 Å². The molecule has 1 rings (SSSR count). The van der Waals surface area contributed by atoms with Crippen LogP contribution < -0.4 is 10.0 Å². The predicted octanol–water partition coefficient (Wildman–Crippen LogP) is 0.455. The SMILES string of the molecule is CNCc1cccc(CS(=O)(=O)NC)c1. The number of hydrogen-bond donors (Lipinski definition) is 2. The van der Waals surface area contributed by atoms with E-state index >= 15 is 0 Å². The molecule has 2 N–H and O–H groups in total. The van der Waals surface area contributed by atoms with E-state index in [0.29, 0.717) is 0 Å². The molecule has 0 atom stereocenters. The second-order valence-electron chi connectivity index (χ2n) is 3.31. The molecule has 1 aromatic rings. The molecular weight excluding hydrogens is 212 g/mol. The first-order chi connectivity index (χ1) is 7.07. The highest BCUT2D eigenvalue weighted by atomic mass is 32.2. The minimum atomic E-state index is -3.17. The topological polar surface area (TPSA) is 58.2 Å². The van der Waals surface area contributed by atoms with Crippen molar-refractivity contribution in [2.24, 2.45) is 0 Å². The van der Waals surface area contributed by atoms with Gasteiger partial charge in [0.05, 0.1) is 5.75 Å². The summed E-state index contributed by atoms with van der Waals surface area (Å²) in [5.74, 6) is 0.0288. The van der Waals surface area contributed by atoms with Crippen molar-refractivity contribution < 1.29 is 8.42 Å². The van der Waals surface area contributed by atoms with Gasteiger partial charge in [-0.05, 0) is 25.2 Å². The van der Waals surface area contributed by atoms with Crippen LogP contribution in [-0.2, 0) is 22.3 Å². The van der Waals surface area contributed by atoms with Gasteiger partial charge >= 0.3 is 0 Å². The highest BCUT2D eigenvalue weighted by Gasteiger charge is 2.08. The van der Waals surface area contributed by atoms with Crippen LogP contribution in [0.1, 0.15) is 11.1 Å². The molecule has 15 heavy (non-hydrogen) atoms. The first kappa shape index (κ1) is 12.2. The molecule has 0 aromatic heterocycles. The number of benzene rings is 1. The standard InChI is InChI=1S/C10H16N2O2S/c1-11-7-9-4-3-5-10(6-9)8-15(13,14)12-2/h3-6,11-12H,7-8H2,1-2H3. The molecule has 5 heteroatoms. The van der Waals surface area contributed by atoms with Gasteiger partial charge in [-0.3, -0.25) is 0 Å². The van der Waals surface area contributed by atoms with E-state index in [2.05, 4.69) is 10.0 Å². The van der Waals surface area contributed by atoms with Gasteiger partial charge in [0.2, 0.25) is 10.0 Å². The maximum absolute atomic E-state index is 11.3. The van der Waals surface area contributed by atoms with Crippen molar-refractivity contribution in [3.05, 3.63) is 35.4 Å². The Labute approximate surface area is 90.8 Å². The first-order valence-electron chi connectivity index (χ1n) is 4.71. The second kappa shape index (κ2) is 5.25. The molecule has 0 aliphatic rings. The number of hydrogen-bond acceptors (Lipinski definition) is 3. The van der Waals surface area contributed by atoms with Crippen molar-refractivity contribution in [1.82, 2.24) is 10.0 Å². The fraction of sp³-hybridized carbons (Fsp3) is 0.400. The van der Waals surface area contributed by atoms with Gasteiger partial charge in [-0.15, -0.1) is 0 Å². The van der Waals surface area contributed by atoms with Gasteiger partial charge in [0.15, 0.2) is 0 Å². The second-order valence-corrected chi connectivity index (χ2v) is 5.24. The van der Waals surface area contributed by atoms with Crippen LogP contribution in [0, 0.1) is 0 Å². The maximum atomic E-state index is 11.3. The number of rotatable bonds is 5. The van der Waals surface area contributed by atoms with Gasteiger partial charge in [-0.2, -0.15) is 0 Å². The van der Waals surface area contributed by atoms with Crippen LogP contribution in [0.4, 0.5) is 0 Å². The normalized spacial score (nSPS) is 11.6. The molecular formula is C10H16N2O2S. The minimum Gasteiger partial charge on any atom is -0.316 e. The van der Waals surface area contributed by atoms with E-state index in [1.807, 2.05) is 31.3 Å². The average molecular weight is 228 g/mol. The van der Waals surface area contributed by atoms with Crippen molar-refractivity contribution in [2.45, 2.75) is 12.3 Å². The lowest BCUT2D eigenvalue weighted by molar-refractivity contribution is 0.587. The molecule has 0 aliphatic heterocycles. The molecule has 0 aliphatic carbocycles. The Bertz CT molecular complexity index is 415. The van der Waals surface area contributed by atoms with Gasteiger partial charge in [0.25, 0.3) is 0 Å². The Balaban J connectivity index is 2.82. The average Bonchev–Trinajstić information content (AvgIpc) is 2.18. The van der Waals surface area contributed by atoms with Crippen molar-refractivity contribution in [3.8, 4) is 0 Å². The fourth-order valence-electron chi connectivity index (χ4n) is 1.33. The van der Waals surface area contributed by atoms with Crippen LogP contribution in [0.15, 0.2) is 24.3 Å². The monoisotopic (exact) mass is 228 g/mol. The summed E-state index contributed by atoms with van der Waals surface area (Å²) >= 11 is 0. The summed E-state index contributed by atoms with van der Waals surface area (Å²) < 4.78 is 24.9. The lowest BCUT2D eigenvalue weighted by Crippen LogP contribution is -2.20. The molecule has 0 radical (unpaired) electrons. The zero-order valence-electron chi connectivity index (χ0n) is 8.95. The number of sulfonamides is 1. The first-order valence-corrected chi connectivity index (χ1v) is 6.36. The summed E-state index contributed by atoms with van der Waals surface area (Å²) in [6.07, 6.45) is 0. The highest BCUT2D eigenvalue weighted by molar-refractivity contribution is 7.88. The molecule has 1 aromatic carbocycles. The summed E-state index contributed by atoms with van der Waals surface area (Å²) in [6, 6.07) is 7.54. The van der Waals surface area contributed by atoms with Gasteiger partial charge in [0.1, 0.15) is 0 Å². The van der Waals surface area contributed by atoms with Gasteiger partial charge < -0.3 is 5.32 Å². The van der Waals surface area contributed by atoms with E-state index in [0.717, 1.165) is 17.7 Å². The molecule has 0 saturated carbocycles. The van der Waals surface area contributed by atoms with E-state index in [9.17, 15) is 8.42 Å². The van der Waals surface area contributed by atoms with Crippen molar-refractivity contribution in [1.29, 1.82) is 0 Å². The lowest BCUT2D eigenvalue weighted by Gasteiger charge is -2.05. The Hall–Kier alpha value is -0.910. The van der Waals surface area contributed by atoms with Gasteiger partial charge in [0, 0.05) is 6.54 Å². The summed E-state index contributed by atoms with van der Waals surface area (Å²) in [5.41, 5.74) is 1.89. The Kier molecular flexibility index (Phi) is 4.26. The lowest BCUT2D eigenvalue weighted by atomic mass is 10.1. The van der Waals surface area contributed by atoms with Crippen LogP contribution in [0.3, 0.4) is 0 Å². The van der Waals surface area contributed by atoms with Crippen LogP contribution in [0.5, 0.6) is 0 Å². The third-order valence-electron chi connectivity index (χ3n) is 2.04. The van der Waals surface area contributed by atoms with Crippen LogP contribution in [0.2, 0.25) is 0 Å². The molecule has 0 bridgehead atoms. The van der Waals surface area contributed by atoms with Gasteiger partial charge in [-0.1, -0.05) is 24.3 Å². The van der Waals surface area contributed by atoms with E-state index in [4.69, 9.17) is 0 Å². The van der Waals surface area contributed by atoms with Crippen molar-refractivity contribution in [2.75, 3.05) is 14.1 Å². The summed E-state index contributed by atoms with van der Waals surface area (Å²) in [7, 11) is 0.107. The Morgan fingerprint density at radius 1 is 1.20 bits per heavy atom. The molecule has 0 unspecified atom stereocenters. The van der Waals surface area contributed by atoms with E-state index < -0.39 is 10.0 Å². The van der Waals surface area contributed by atoms with Crippen molar-refractivity contribution >= 4 is 10.0 Å². The molecule has 0 fully saturated rings. The number of nitrogens with one attached hydrogen (secondary N) is 2. The summed E-state index contributed by atoms with van der Waals surface area (Å²) in [6.45, 7) is 0.743. The maximum Gasteiger partial charge on any atom is 0.215 e. The zero-order chi connectivity index (χ0) is 11.3. The molecule has 0 spiro atoms. The van der Waals surface area contributed by atoms with Crippen LogP contribution >= 0.6 is 0 Å². The largest absolute Gasteiger partial charge is 0.316 e. The van der Waals surface area contributed by atoms with E-state index in [1.54, 1.807) is 0 Å². The van der Waals surface area contributed by atoms with E-state index in [1.165, 1.54) is 7.05 Å². The molecule has 0 amide bonds. The molecule has 0 heterocycles. The Morgan fingerprint density at radius 2 is 1.87 bits per heavy atom. The molecule has 0 saturated heterocycles. The third kappa shape index (κ3) is 3.99. The minimum absolute atomic E-state index is 0.0288. The van der Waals surface area contributed by atoms with Crippen LogP contribution in [-0.4, -0.2) is 22.5 Å². The van der Waals surface area contributed by atoms with Crippen LogP contribution in [0.25, 0.3) is 0 Å².